The summed E-state index contributed by atoms with van der Waals surface area (Å²) in [5, 5.41) is 5.53. The topological polar surface area (TPSA) is 92.3 Å². The van der Waals surface area contributed by atoms with Crippen LogP contribution in [0.25, 0.3) is 0 Å². The molecule has 3 aromatic rings. The number of ether oxygens (including phenoxy) is 1. The number of halogens is 7. The monoisotopic (exact) mass is 592 g/mol. The van der Waals surface area contributed by atoms with Gasteiger partial charge in [0.1, 0.15) is 10.8 Å². The maximum Gasteiger partial charge on any atom is 0.434 e. The molecule has 2 aromatic heterocycles. The van der Waals surface area contributed by atoms with Crippen molar-refractivity contribution in [1.82, 2.24) is 19.2 Å². The lowest BCUT2D eigenvalue weighted by molar-refractivity contribution is -0.149. The number of hydrogen-bond acceptors (Lipinski definition) is 8. The van der Waals surface area contributed by atoms with Gasteiger partial charge in [-0.15, -0.1) is 0 Å². The third kappa shape index (κ3) is 7.78. The number of alkyl halides is 6. The van der Waals surface area contributed by atoms with E-state index in [-0.39, 0.29) is 46.9 Å². The summed E-state index contributed by atoms with van der Waals surface area (Å²) in [5.41, 5.74) is -0.586. The highest BCUT2D eigenvalue weighted by Gasteiger charge is 2.34. The number of carbonyl (C=O) groups is 1. The maximum atomic E-state index is 14.4. The van der Waals surface area contributed by atoms with Crippen molar-refractivity contribution >= 4 is 33.9 Å². The molecule has 1 aliphatic heterocycles. The van der Waals surface area contributed by atoms with Crippen LogP contribution >= 0.6 is 11.5 Å². The van der Waals surface area contributed by atoms with E-state index in [1.807, 2.05) is 0 Å². The Kier molecular flexibility index (Phi) is 8.77. The van der Waals surface area contributed by atoms with Crippen LogP contribution in [0.5, 0.6) is 5.75 Å². The molecule has 1 saturated heterocycles. The first kappa shape index (κ1) is 29.5. The molecule has 1 aliphatic rings. The first-order valence-electron chi connectivity index (χ1n) is 11.9. The largest absolute Gasteiger partial charge is 0.490 e. The number of anilines is 3. The summed E-state index contributed by atoms with van der Waals surface area (Å²) >= 11 is 0.882. The molecule has 0 unspecified atom stereocenters. The van der Waals surface area contributed by atoms with Crippen LogP contribution in [0.15, 0.2) is 30.6 Å². The van der Waals surface area contributed by atoms with Gasteiger partial charge in [0.15, 0.2) is 17.3 Å². The molecule has 8 nitrogen and oxygen atoms in total. The van der Waals surface area contributed by atoms with Crippen molar-refractivity contribution in [2.75, 3.05) is 36.9 Å². The zero-order valence-electron chi connectivity index (χ0n) is 20.9. The molecule has 2 N–H and O–H groups in total. The maximum absolute atomic E-state index is 14.4. The van der Waals surface area contributed by atoms with Crippen LogP contribution < -0.4 is 15.4 Å². The van der Waals surface area contributed by atoms with Gasteiger partial charge in [-0.3, -0.25) is 9.69 Å². The summed E-state index contributed by atoms with van der Waals surface area (Å²) < 4.78 is 100. The zero-order chi connectivity index (χ0) is 29.1. The van der Waals surface area contributed by atoms with Crippen molar-refractivity contribution in [3.05, 3.63) is 53.4 Å². The van der Waals surface area contributed by atoms with Crippen LogP contribution in [0, 0.1) is 18.7 Å². The molecule has 0 bridgehead atoms. The van der Waals surface area contributed by atoms with Crippen molar-refractivity contribution in [1.29, 1.82) is 0 Å². The van der Waals surface area contributed by atoms with E-state index in [9.17, 15) is 35.5 Å². The molecular weight excluding hydrogens is 569 g/mol. The predicted molar refractivity (Wildman–Crippen MR) is 132 cm³/mol. The minimum atomic E-state index is -4.65. The fourth-order valence-corrected chi connectivity index (χ4v) is 4.96. The van der Waals surface area contributed by atoms with Gasteiger partial charge >= 0.3 is 12.4 Å². The summed E-state index contributed by atoms with van der Waals surface area (Å²) in [4.78, 5) is 21.3. The Labute approximate surface area is 227 Å². The van der Waals surface area contributed by atoms with Gasteiger partial charge in [-0.05, 0) is 50.0 Å². The Hall–Kier alpha value is -3.53. The molecule has 1 atom stereocenters. The first-order valence-corrected chi connectivity index (χ1v) is 12.7. The van der Waals surface area contributed by atoms with Crippen LogP contribution in [0.1, 0.15) is 34.6 Å². The Bertz CT molecular complexity index is 1330. The summed E-state index contributed by atoms with van der Waals surface area (Å²) in [7, 11) is 0. The third-order valence-corrected chi connectivity index (χ3v) is 6.80. The quantitative estimate of drug-likeness (QED) is 0.308. The van der Waals surface area contributed by atoms with Crippen molar-refractivity contribution in [3.8, 4) is 5.75 Å². The van der Waals surface area contributed by atoms with Gasteiger partial charge in [0.05, 0.1) is 36.8 Å². The average Bonchev–Trinajstić information content (AvgIpc) is 3.23. The Balaban J connectivity index is 1.40. The summed E-state index contributed by atoms with van der Waals surface area (Å²) in [5.74, 6) is -1.79. The molecule has 0 saturated carbocycles. The second-order valence-corrected chi connectivity index (χ2v) is 9.92. The number of amides is 1. The summed E-state index contributed by atoms with van der Waals surface area (Å²) in [6, 6.07) is 3.64. The second kappa shape index (κ2) is 11.9. The molecular formula is C24H23F7N6O2S. The van der Waals surface area contributed by atoms with Gasteiger partial charge in [-0.25, -0.2) is 14.4 Å². The van der Waals surface area contributed by atoms with Crippen molar-refractivity contribution < 1.29 is 40.3 Å². The minimum absolute atomic E-state index is 0.00152. The molecule has 1 amide bonds. The lowest BCUT2D eigenvalue weighted by atomic mass is 9.99. The molecule has 0 spiro atoms. The van der Waals surface area contributed by atoms with Gasteiger partial charge < -0.3 is 15.4 Å². The van der Waals surface area contributed by atoms with E-state index in [1.165, 1.54) is 17.0 Å². The first-order chi connectivity index (χ1) is 18.8. The van der Waals surface area contributed by atoms with Gasteiger partial charge in [0, 0.05) is 24.2 Å². The van der Waals surface area contributed by atoms with Gasteiger partial charge in [-0.2, -0.15) is 30.7 Å². The molecule has 16 heteroatoms. The van der Waals surface area contributed by atoms with E-state index in [0.29, 0.717) is 31.3 Å². The number of aryl methyl sites for hydroxylation is 1. The Morgan fingerprint density at radius 3 is 2.62 bits per heavy atom. The number of benzene rings is 1. The van der Waals surface area contributed by atoms with E-state index in [2.05, 4.69) is 25.0 Å². The molecule has 1 fully saturated rings. The second-order valence-electron chi connectivity index (χ2n) is 9.15. The number of aromatic nitrogens is 3. The highest BCUT2D eigenvalue weighted by molar-refractivity contribution is 7.10. The van der Waals surface area contributed by atoms with E-state index >= 15 is 0 Å². The summed E-state index contributed by atoms with van der Waals surface area (Å²) in [6.07, 6.45) is -6.34. The van der Waals surface area contributed by atoms with Crippen molar-refractivity contribution in [3.63, 3.8) is 0 Å². The van der Waals surface area contributed by atoms with Crippen molar-refractivity contribution in [2.24, 2.45) is 5.92 Å². The Morgan fingerprint density at radius 2 is 1.95 bits per heavy atom. The number of hydrogen-bond donors (Lipinski definition) is 2. The minimum Gasteiger partial charge on any atom is -0.490 e. The normalized spacial score (nSPS) is 16.6. The average molecular weight is 593 g/mol. The molecule has 0 radical (unpaired) electrons. The van der Waals surface area contributed by atoms with Gasteiger partial charge in [-0.1, -0.05) is 0 Å². The number of nitrogens with zero attached hydrogens (tertiary/aromatic N) is 4. The number of carbonyl (C=O) groups excluding carboxylic acids is 1. The third-order valence-electron chi connectivity index (χ3n) is 5.94. The highest BCUT2D eigenvalue weighted by Crippen LogP contribution is 2.31. The fourth-order valence-electron chi connectivity index (χ4n) is 4.16. The van der Waals surface area contributed by atoms with Gasteiger partial charge in [0.2, 0.25) is 0 Å². The number of nitrogens with one attached hydrogen (secondary N) is 2. The standard InChI is InChI=1S/C24H23F7N6O2S/c1-13-20(22(40-36-13)35-19-9-32-18(8-33-19)24(29,30)31)21(38)34-15-4-5-16(25)17(7-15)39-11-14-3-2-6-37(10-14)12-23(26,27)28/h4-5,7-9,14H,2-3,6,10-12H2,1H3,(H,33,35)(H,34,38)/t14-/m1/s1. The zero-order valence-corrected chi connectivity index (χ0v) is 21.7. The lowest BCUT2D eigenvalue weighted by Crippen LogP contribution is -2.42. The molecule has 0 aliphatic carbocycles. The summed E-state index contributed by atoms with van der Waals surface area (Å²) in [6.45, 7) is 1.03. The number of rotatable bonds is 8. The predicted octanol–water partition coefficient (Wildman–Crippen LogP) is 6.05. The number of likely N-dealkylation sites (tertiary alicyclic amines) is 1. The number of piperidine rings is 1. The van der Waals surface area contributed by atoms with E-state index < -0.39 is 36.3 Å². The lowest BCUT2D eigenvalue weighted by Gasteiger charge is -2.33. The smallest absolute Gasteiger partial charge is 0.434 e. The van der Waals surface area contributed by atoms with Gasteiger partial charge in [0.25, 0.3) is 5.91 Å². The van der Waals surface area contributed by atoms with Crippen LogP contribution in [0.3, 0.4) is 0 Å². The fraction of sp³-hybridized carbons (Fsp3) is 0.417. The SMILES string of the molecule is Cc1nsc(Nc2cnc(C(F)(F)F)cn2)c1C(=O)Nc1ccc(F)c(OC[C@@H]2CCCN(CC(F)(F)F)C2)c1. The molecule has 3 heterocycles. The van der Waals surface area contributed by atoms with Crippen LogP contribution in [-0.4, -0.2) is 57.6 Å². The highest BCUT2D eigenvalue weighted by atomic mass is 32.1. The molecule has 40 heavy (non-hydrogen) atoms. The van der Waals surface area contributed by atoms with Crippen LogP contribution in [0.4, 0.5) is 47.2 Å². The van der Waals surface area contributed by atoms with Crippen LogP contribution in [0.2, 0.25) is 0 Å². The van der Waals surface area contributed by atoms with E-state index in [0.717, 1.165) is 23.8 Å². The van der Waals surface area contributed by atoms with Crippen molar-refractivity contribution in [2.45, 2.75) is 32.1 Å². The van der Waals surface area contributed by atoms with Crippen LogP contribution in [-0.2, 0) is 6.18 Å². The molecule has 4 rings (SSSR count). The molecule has 1 aromatic carbocycles. The Morgan fingerprint density at radius 1 is 1.18 bits per heavy atom. The molecule has 216 valence electrons. The van der Waals surface area contributed by atoms with E-state index in [4.69, 9.17) is 4.74 Å². The van der Waals surface area contributed by atoms with E-state index in [1.54, 1.807) is 6.92 Å².